The highest BCUT2D eigenvalue weighted by molar-refractivity contribution is 6.33. The summed E-state index contributed by atoms with van der Waals surface area (Å²) in [6.07, 6.45) is 0. The number of nitrogens with zero attached hydrogens (tertiary/aromatic N) is 1. The van der Waals surface area contributed by atoms with E-state index >= 15 is 0 Å². The summed E-state index contributed by atoms with van der Waals surface area (Å²) in [6.45, 7) is 1.95. The number of phenolic OH excluding ortho intramolecular Hbond substituents is 1. The minimum absolute atomic E-state index is 0.0233. The highest BCUT2D eigenvalue weighted by atomic mass is 35.5. The molecule has 0 saturated heterocycles. The monoisotopic (exact) mass is 310 g/mol. The molecule has 5 nitrogen and oxygen atoms in total. The lowest BCUT2D eigenvalue weighted by Gasteiger charge is -2.11. The van der Waals surface area contributed by atoms with Gasteiger partial charge in [0.05, 0.1) is 4.92 Å². The van der Waals surface area contributed by atoms with Crippen molar-refractivity contribution in [3.05, 3.63) is 62.4 Å². The van der Waals surface area contributed by atoms with Gasteiger partial charge in [0.25, 0.3) is 5.69 Å². The van der Waals surface area contributed by atoms with Crippen molar-refractivity contribution in [2.24, 2.45) is 0 Å². The fraction of sp³-hybridized carbons (Fsp3) is 0.143. The van der Waals surface area contributed by atoms with Gasteiger partial charge >= 0.3 is 0 Å². The maximum absolute atomic E-state index is 13.2. The van der Waals surface area contributed by atoms with E-state index in [4.69, 9.17) is 11.6 Å². The van der Waals surface area contributed by atoms with Crippen LogP contribution in [0.25, 0.3) is 0 Å². The molecule has 0 unspecified atom stereocenters. The van der Waals surface area contributed by atoms with Gasteiger partial charge in [0, 0.05) is 24.4 Å². The zero-order chi connectivity index (χ0) is 15.6. The topological polar surface area (TPSA) is 75.4 Å². The lowest BCUT2D eigenvalue weighted by atomic mass is 10.1. The van der Waals surface area contributed by atoms with Crippen molar-refractivity contribution >= 4 is 23.0 Å². The Morgan fingerprint density at radius 1 is 1.33 bits per heavy atom. The first-order chi connectivity index (χ1) is 9.86. The van der Waals surface area contributed by atoms with Crippen LogP contribution in [0.4, 0.5) is 15.8 Å². The molecule has 0 atom stereocenters. The summed E-state index contributed by atoms with van der Waals surface area (Å²) < 4.78 is 13.2. The van der Waals surface area contributed by atoms with E-state index in [0.29, 0.717) is 16.8 Å². The third-order valence-corrected chi connectivity index (χ3v) is 3.22. The summed E-state index contributed by atoms with van der Waals surface area (Å²) in [7, 11) is 0. The van der Waals surface area contributed by atoms with Crippen LogP contribution < -0.4 is 5.32 Å². The second-order valence-corrected chi connectivity index (χ2v) is 4.95. The molecule has 2 N–H and O–H groups in total. The van der Waals surface area contributed by atoms with Crippen molar-refractivity contribution in [1.82, 2.24) is 0 Å². The van der Waals surface area contributed by atoms with Crippen LogP contribution in [0.2, 0.25) is 5.02 Å². The molecule has 7 heteroatoms. The van der Waals surface area contributed by atoms with Gasteiger partial charge in [-0.1, -0.05) is 11.6 Å². The zero-order valence-electron chi connectivity index (χ0n) is 11.1. The van der Waals surface area contributed by atoms with Crippen LogP contribution >= 0.6 is 11.6 Å². The highest BCUT2D eigenvalue weighted by Gasteiger charge is 2.14. The third kappa shape index (κ3) is 3.61. The molecule has 0 amide bonds. The molecule has 2 aromatic rings. The summed E-state index contributed by atoms with van der Waals surface area (Å²) in [4.78, 5) is 10.2. The fourth-order valence-corrected chi connectivity index (χ4v) is 2.16. The smallest absolute Gasteiger partial charge is 0.288 e. The average Bonchev–Trinajstić information content (AvgIpc) is 2.38. The van der Waals surface area contributed by atoms with Crippen LogP contribution in [0.15, 0.2) is 30.3 Å². The Morgan fingerprint density at radius 2 is 2.05 bits per heavy atom. The van der Waals surface area contributed by atoms with Gasteiger partial charge in [-0.05, 0) is 36.2 Å². The number of nitro groups is 1. The Labute approximate surface area is 125 Å². The summed E-state index contributed by atoms with van der Waals surface area (Å²) in [6, 6.07) is 6.55. The lowest BCUT2D eigenvalue weighted by molar-refractivity contribution is -0.384. The number of benzene rings is 2. The van der Waals surface area contributed by atoms with Gasteiger partial charge in [0.15, 0.2) is 0 Å². The first kappa shape index (κ1) is 15.1. The largest absolute Gasteiger partial charge is 0.508 e. The van der Waals surface area contributed by atoms with Crippen LogP contribution in [-0.2, 0) is 6.54 Å². The molecule has 0 fully saturated rings. The number of nitro benzene ring substituents is 1. The zero-order valence-corrected chi connectivity index (χ0v) is 11.8. The van der Waals surface area contributed by atoms with Crippen molar-refractivity contribution in [1.29, 1.82) is 0 Å². The molecule has 110 valence electrons. The minimum atomic E-state index is -0.552. The normalized spacial score (nSPS) is 10.4. The Morgan fingerprint density at radius 3 is 2.67 bits per heavy atom. The SMILES string of the molecule is Cc1cc([N+](=O)[O-])c(Cl)cc1NCc1cc(O)cc(F)c1. The van der Waals surface area contributed by atoms with E-state index in [2.05, 4.69) is 5.32 Å². The van der Waals surface area contributed by atoms with E-state index in [1.807, 2.05) is 0 Å². The number of phenols is 1. The summed E-state index contributed by atoms with van der Waals surface area (Å²) >= 11 is 5.85. The van der Waals surface area contributed by atoms with Crippen LogP contribution in [0, 0.1) is 22.9 Å². The van der Waals surface area contributed by atoms with Gasteiger partial charge in [0.2, 0.25) is 0 Å². The predicted octanol–water partition coefficient (Wildman–Crippen LogP) is 4.01. The van der Waals surface area contributed by atoms with Crippen LogP contribution in [0.3, 0.4) is 0 Å². The number of aromatic hydroxyl groups is 1. The number of hydrogen-bond acceptors (Lipinski definition) is 4. The van der Waals surface area contributed by atoms with Gasteiger partial charge in [0.1, 0.15) is 16.6 Å². The van der Waals surface area contributed by atoms with E-state index in [-0.39, 0.29) is 23.0 Å². The second kappa shape index (κ2) is 5.97. The number of hydrogen-bond donors (Lipinski definition) is 2. The molecule has 0 aliphatic heterocycles. The fourth-order valence-electron chi connectivity index (χ4n) is 1.93. The molecule has 2 rings (SSSR count). The van der Waals surface area contributed by atoms with Crippen molar-refractivity contribution < 1.29 is 14.4 Å². The first-order valence-corrected chi connectivity index (χ1v) is 6.41. The van der Waals surface area contributed by atoms with Crippen molar-refractivity contribution in [2.75, 3.05) is 5.32 Å². The molecule has 21 heavy (non-hydrogen) atoms. The van der Waals surface area contributed by atoms with E-state index in [1.54, 1.807) is 6.92 Å². The van der Waals surface area contributed by atoms with E-state index in [9.17, 15) is 19.6 Å². The molecule has 0 radical (unpaired) electrons. The summed E-state index contributed by atoms with van der Waals surface area (Å²) in [5, 5.41) is 23.1. The van der Waals surface area contributed by atoms with Crippen LogP contribution in [0.5, 0.6) is 5.75 Å². The summed E-state index contributed by atoms with van der Waals surface area (Å²) in [5.41, 5.74) is 1.63. The number of aryl methyl sites for hydroxylation is 1. The maximum Gasteiger partial charge on any atom is 0.288 e. The molecule has 0 aromatic heterocycles. The molecule has 0 heterocycles. The molecule has 0 saturated carbocycles. The van der Waals surface area contributed by atoms with Gasteiger partial charge in [-0.15, -0.1) is 0 Å². The number of halogens is 2. The van der Waals surface area contributed by atoms with E-state index < -0.39 is 10.7 Å². The Kier molecular flexibility index (Phi) is 4.28. The van der Waals surface area contributed by atoms with Crippen molar-refractivity contribution in [3.63, 3.8) is 0 Å². The van der Waals surface area contributed by atoms with E-state index in [1.165, 1.54) is 24.3 Å². The second-order valence-electron chi connectivity index (χ2n) is 4.55. The van der Waals surface area contributed by atoms with Crippen molar-refractivity contribution in [2.45, 2.75) is 13.5 Å². The van der Waals surface area contributed by atoms with Crippen LogP contribution in [0.1, 0.15) is 11.1 Å². The predicted molar refractivity (Wildman–Crippen MR) is 78.2 cm³/mol. The lowest BCUT2D eigenvalue weighted by Crippen LogP contribution is -2.02. The molecule has 0 bridgehead atoms. The molecule has 0 spiro atoms. The quantitative estimate of drug-likeness (QED) is 0.661. The van der Waals surface area contributed by atoms with Crippen LogP contribution in [-0.4, -0.2) is 10.0 Å². The minimum Gasteiger partial charge on any atom is -0.508 e. The number of nitrogens with one attached hydrogen (secondary N) is 1. The molecular weight excluding hydrogens is 299 g/mol. The molecule has 0 aliphatic carbocycles. The summed E-state index contributed by atoms with van der Waals surface area (Å²) in [5.74, 6) is -0.699. The van der Waals surface area contributed by atoms with Gasteiger partial charge in [-0.2, -0.15) is 0 Å². The molecular formula is C14H12ClFN2O3. The van der Waals surface area contributed by atoms with E-state index in [0.717, 1.165) is 6.07 Å². The Balaban J connectivity index is 2.20. The number of rotatable bonds is 4. The third-order valence-electron chi connectivity index (χ3n) is 2.92. The number of anilines is 1. The van der Waals surface area contributed by atoms with Crippen molar-refractivity contribution in [3.8, 4) is 5.75 Å². The molecule has 2 aromatic carbocycles. The average molecular weight is 311 g/mol. The Bertz CT molecular complexity index is 687. The standard InChI is InChI=1S/C14H12ClFN2O3/c1-8-2-14(18(20)21)12(15)6-13(8)17-7-9-3-10(16)5-11(19)4-9/h2-6,17,19H,7H2,1H3. The maximum atomic E-state index is 13.2. The molecule has 0 aliphatic rings. The highest BCUT2D eigenvalue weighted by Crippen LogP contribution is 2.30. The van der Waals surface area contributed by atoms with Gasteiger partial charge in [-0.3, -0.25) is 10.1 Å². The van der Waals surface area contributed by atoms with Gasteiger partial charge in [-0.25, -0.2) is 4.39 Å². The first-order valence-electron chi connectivity index (χ1n) is 6.03. The Hall–Kier alpha value is -2.34. The van der Waals surface area contributed by atoms with Gasteiger partial charge < -0.3 is 10.4 Å².